The van der Waals surface area contributed by atoms with Crippen molar-refractivity contribution in [3.05, 3.63) is 0 Å². The molecular weight excluding hydrogens is 342 g/mol. The molecule has 1 saturated carbocycles. The standard InChI is InChI=1S/C17H25N3O6/c1-10(2)18-17(25)19-13(21)9-26-14(22)7-8-20-15(23)11-5-3-4-6-12(11)16(20)24/h10-12H,3-9H2,1-2H3,(H2,18,19,21,25)/t11-,12+. The van der Waals surface area contributed by atoms with Crippen molar-refractivity contribution in [1.29, 1.82) is 0 Å². The summed E-state index contributed by atoms with van der Waals surface area (Å²) in [5.41, 5.74) is 0. The van der Waals surface area contributed by atoms with Crippen LogP contribution >= 0.6 is 0 Å². The zero-order chi connectivity index (χ0) is 19.3. The van der Waals surface area contributed by atoms with Gasteiger partial charge in [-0.2, -0.15) is 0 Å². The molecule has 2 atom stereocenters. The molecule has 2 N–H and O–H groups in total. The largest absolute Gasteiger partial charge is 0.456 e. The first-order valence-electron chi connectivity index (χ1n) is 8.90. The number of urea groups is 1. The third-order valence-electron chi connectivity index (χ3n) is 4.51. The first-order valence-corrected chi connectivity index (χ1v) is 8.90. The molecule has 0 aromatic heterocycles. The van der Waals surface area contributed by atoms with Gasteiger partial charge in [0, 0.05) is 12.6 Å². The molecule has 0 radical (unpaired) electrons. The van der Waals surface area contributed by atoms with Crippen molar-refractivity contribution in [3.8, 4) is 0 Å². The smallest absolute Gasteiger partial charge is 0.321 e. The Balaban J connectivity index is 1.72. The summed E-state index contributed by atoms with van der Waals surface area (Å²) < 4.78 is 4.78. The van der Waals surface area contributed by atoms with E-state index in [2.05, 4.69) is 5.32 Å². The summed E-state index contributed by atoms with van der Waals surface area (Å²) in [6, 6.07) is -0.804. The van der Waals surface area contributed by atoms with Gasteiger partial charge in [0.2, 0.25) is 11.8 Å². The second-order valence-corrected chi connectivity index (χ2v) is 6.91. The van der Waals surface area contributed by atoms with E-state index in [1.54, 1.807) is 13.8 Å². The van der Waals surface area contributed by atoms with Crippen LogP contribution in [0.25, 0.3) is 0 Å². The average Bonchev–Trinajstić information content (AvgIpc) is 2.82. The van der Waals surface area contributed by atoms with E-state index in [1.807, 2.05) is 5.32 Å². The molecule has 2 rings (SSSR count). The average molecular weight is 367 g/mol. The minimum Gasteiger partial charge on any atom is -0.456 e. The van der Waals surface area contributed by atoms with Crippen molar-refractivity contribution in [3.63, 3.8) is 0 Å². The van der Waals surface area contributed by atoms with Crippen LogP contribution in [-0.4, -0.2) is 53.8 Å². The lowest BCUT2D eigenvalue weighted by atomic mass is 9.81. The van der Waals surface area contributed by atoms with Gasteiger partial charge in [0.1, 0.15) is 0 Å². The van der Waals surface area contributed by atoms with Crippen LogP contribution in [0.2, 0.25) is 0 Å². The monoisotopic (exact) mass is 367 g/mol. The number of nitrogens with one attached hydrogen (secondary N) is 2. The number of nitrogens with zero attached hydrogens (tertiary/aromatic N) is 1. The Morgan fingerprint density at radius 3 is 2.23 bits per heavy atom. The minimum atomic E-state index is -0.754. The molecule has 2 fully saturated rings. The summed E-state index contributed by atoms with van der Waals surface area (Å²) in [5, 5.41) is 4.49. The summed E-state index contributed by atoms with van der Waals surface area (Å²) in [5.74, 6) is -2.39. The maximum atomic E-state index is 12.3. The molecule has 2 aliphatic rings. The van der Waals surface area contributed by atoms with E-state index in [0.29, 0.717) is 0 Å². The second-order valence-electron chi connectivity index (χ2n) is 6.91. The van der Waals surface area contributed by atoms with Gasteiger partial charge in [-0.05, 0) is 26.7 Å². The molecule has 0 aromatic carbocycles. The highest BCUT2D eigenvalue weighted by Gasteiger charge is 2.47. The van der Waals surface area contributed by atoms with Crippen LogP contribution in [0.3, 0.4) is 0 Å². The summed E-state index contributed by atoms with van der Waals surface area (Å²) in [7, 11) is 0. The van der Waals surface area contributed by atoms with Crippen molar-refractivity contribution < 1.29 is 28.7 Å². The van der Waals surface area contributed by atoms with Crippen molar-refractivity contribution >= 4 is 29.7 Å². The molecule has 0 unspecified atom stereocenters. The van der Waals surface area contributed by atoms with Gasteiger partial charge < -0.3 is 10.1 Å². The van der Waals surface area contributed by atoms with Gasteiger partial charge in [-0.15, -0.1) is 0 Å². The molecule has 0 aromatic rings. The van der Waals surface area contributed by atoms with Crippen LogP contribution in [0.4, 0.5) is 4.79 Å². The molecular formula is C17H25N3O6. The maximum absolute atomic E-state index is 12.3. The molecule has 144 valence electrons. The number of hydrogen-bond donors (Lipinski definition) is 2. The molecule has 9 nitrogen and oxygen atoms in total. The molecule has 0 spiro atoms. The highest BCUT2D eigenvalue weighted by atomic mass is 16.5. The zero-order valence-corrected chi connectivity index (χ0v) is 15.1. The van der Waals surface area contributed by atoms with E-state index in [4.69, 9.17) is 4.74 Å². The zero-order valence-electron chi connectivity index (χ0n) is 15.1. The van der Waals surface area contributed by atoms with Gasteiger partial charge in [-0.25, -0.2) is 4.79 Å². The lowest BCUT2D eigenvalue weighted by Gasteiger charge is -2.19. The summed E-state index contributed by atoms with van der Waals surface area (Å²) in [6.45, 7) is 2.83. The van der Waals surface area contributed by atoms with Gasteiger partial charge in [0.25, 0.3) is 5.91 Å². The van der Waals surface area contributed by atoms with E-state index in [9.17, 15) is 24.0 Å². The van der Waals surface area contributed by atoms with Crippen molar-refractivity contribution in [2.45, 2.75) is 52.0 Å². The van der Waals surface area contributed by atoms with Gasteiger partial charge in [0.15, 0.2) is 6.61 Å². The third kappa shape index (κ3) is 5.03. The number of fused-ring (bicyclic) bond motifs is 1. The molecule has 1 saturated heterocycles. The van der Waals surface area contributed by atoms with Gasteiger partial charge in [0.05, 0.1) is 18.3 Å². The lowest BCUT2D eigenvalue weighted by molar-refractivity contribution is -0.149. The van der Waals surface area contributed by atoms with E-state index in [-0.39, 0.29) is 42.7 Å². The highest BCUT2D eigenvalue weighted by Crippen LogP contribution is 2.37. The molecule has 26 heavy (non-hydrogen) atoms. The van der Waals surface area contributed by atoms with E-state index in [1.165, 1.54) is 0 Å². The SMILES string of the molecule is CC(C)NC(=O)NC(=O)COC(=O)CCN1C(=O)[C@H]2CCCC[C@H]2C1=O. The molecule has 1 aliphatic carbocycles. The predicted octanol–water partition coefficient (Wildman–Crippen LogP) is 0.329. The number of carbonyl (C=O) groups is 5. The summed E-state index contributed by atoms with van der Waals surface area (Å²) >= 11 is 0. The van der Waals surface area contributed by atoms with Gasteiger partial charge in [-0.1, -0.05) is 12.8 Å². The van der Waals surface area contributed by atoms with Crippen LogP contribution < -0.4 is 10.6 Å². The number of carbonyl (C=O) groups excluding carboxylic acids is 5. The Morgan fingerprint density at radius 1 is 1.12 bits per heavy atom. The fourth-order valence-electron chi connectivity index (χ4n) is 3.33. The van der Waals surface area contributed by atoms with Crippen LogP contribution in [0.5, 0.6) is 0 Å². The van der Waals surface area contributed by atoms with Crippen molar-refractivity contribution in [2.75, 3.05) is 13.2 Å². The second kappa shape index (κ2) is 8.77. The molecule has 1 aliphatic heterocycles. The molecule has 1 heterocycles. The number of ether oxygens (including phenoxy) is 1. The first-order chi connectivity index (χ1) is 12.3. The topological polar surface area (TPSA) is 122 Å². The fraction of sp³-hybridized carbons (Fsp3) is 0.706. The molecule has 5 amide bonds. The quantitative estimate of drug-likeness (QED) is 0.515. The van der Waals surface area contributed by atoms with Gasteiger partial charge in [-0.3, -0.25) is 29.4 Å². The van der Waals surface area contributed by atoms with Crippen LogP contribution in [0.15, 0.2) is 0 Å². The van der Waals surface area contributed by atoms with Crippen LogP contribution in [0.1, 0.15) is 46.0 Å². The molecule has 9 heteroatoms. The summed E-state index contributed by atoms with van der Waals surface area (Å²) in [6.07, 6.45) is 3.14. The van der Waals surface area contributed by atoms with E-state index < -0.39 is 24.5 Å². The van der Waals surface area contributed by atoms with E-state index >= 15 is 0 Å². The number of likely N-dealkylation sites (tertiary alicyclic amines) is 1. The Hall–Kier alpha value is -2.45. The number of hydrogen-bond acceptors (Lipinski definition) is 6. The maximum Gasteiger partial charge on any atom is 0.321 e. The number of imide groups is 2. The van der Waals surface area contributed by atoms with Crippen LogP contribution in [0, 0.1) is 11.8 Å². The molecule has 0 bridgehead atoms. The first kappa shape index (κ1) is 19.9. The fourth-order valence-corrected chi connectivity index (χ4v) is 3.33. The van der Waals surface area contributed by atoms with Crippen molar-refractivity contribution in [1.82, 2.24) is 15.5 Å². The lowest BCUT2D eigenvalue weighted by Crippen LogP contribution is -2.44. The number of amides is 5. The Kier molecular flexibility index (Phi) is 6.70. The number of esters is 1. The predicted molar refractivity (Wildman–Crippen MR) is 89.6 cm³/mol. The minimum absolute atomic E-state index is 0.0427. The normalized spacial score (nSPS) is 22.2. The number of rotatable bonds is 6. The Morgan fingerprint density at radius 2 is 1.69 bits per heavy atom. The Bertz CT molecular complexity index is 579. The highest BCUT2D eigenvalue weighted by molar-refractivity contribution is 6.05. The van der Waals surface area contributed by atoms with Gasteiger partial charge >= 0.3 is 12.0 Å². The summed E-state index contributed by atoms with van der Waals surface area (Å²) in [4.78, 5) is 60.3. The third-order valence-corrected chi connectivity index (χ3v) is 4.51. The van der Waals surface area contributed by atoms with Crippen LogP contribution in [-0.2, 0) is 23.9 Å². The Labute approximate surface area is 151 Å². The van der Waals surface area contributed by atoms with Crippen molar-refractivity contribution in [2.24, 2.45) is 11.8 Å². The van der Waals surface area contributed by atoms with E-state index in [0.717, 1.165) is 30.6 Å².